The first-order valence-electron chi connectivity index (χ1n) is 15.2. The highest BCUT2D eigenvalue weighted by Crippen LogP contribution is 2.18. The molecule has 1 aromatic carbocycles. The van der Waals surface area contributed by atoms with E-state index in [4.69, 9.17) is 14.2 Å². The van der Waals surface area contributed by atoms with Gasteiger partial charge in [-0.05, 0) is 18.9 Å². The smallest absolute Gasteiger partial charge is 0.357 e. The van der Waals surface area contributed by atoms with Crippen LogP contribution in [0.3, 0.4) is 0 Å². The molecule has 0 spiro atoms. The summed E-state index contributed by atoms with van der Waals surface area (Å²) < 4.78 is 17.8. The Balaban J connectivity index is 1.82. The van der Waals surface area contributed by atoms with Gasteiger partial charge in [-0.25, -0.2) is 9.78 Å². The number of imidazole rings is 1. The van der Waals surface area contributed by atoms with Crippen molar-refractivity contribution in [1.29, 1.82) is 0 Å². The van der Waals surface area contributed by atoms with Crippen LogP contribution in [0.15, 0.2) is 36.5 Å². The zero-order valence-electron chi connectivity index (χ0n) is 25.3. The van der Waals surface area contributed by atoms with Gasteiger partial charge >= 0.3 is 11.9 Å². The lowest BCUT2D eigenvalue weighted by Crippen LogP contribution is -2.36. The van der Waals surface area contributed by atoms with Gasteiger partial charge in [0.1, 0.15) is 6.54 Å². The van der Waals surface area contributed by atoms with Crippen molar-refractivity contribution in [3.63, 3.8) is 0 Å². The number of benzene rings is 1. The second kappa shape index (κ2) is 20.5. The molecule has 1 aromatic heterocycles. The lowest BCUT2D eigenvalue weighted by molar-refractivity contribution is -0.148. The minimum atomic E-state index is -0.688. The SMILES string of the molecule is CCCCCCCCCCCCCCOc1ncc(C(=O)OCC(=O)N(C)CC(=O)OCC)n1Cc1ccccc1. The van der Waals surface area contributed by atoms with E-state index in [0.29, 0.717) is 19.2 Å². The molecular formula is C32H49N3O6. The highest BCUT2D eigenvalue weighted by atomic mass is 16.5. The Bertz CT molecular complexity index is 1020. The van der Waals surface area contributed by atoms with E-state index in [0.717, 1.165) is 23.3 Å². The Morgan fingerprint density at radius 1 is 0.829 bits per heavy atom. The molecule has 9 nitrogen and oxygen atoms in total. The predicted octanol–water partition coefficient (Wildman–Crippen LogP) is 6.19. The van der Waals surface area contributed by atoms with Crippen LogP contribution in [0, 0.1) is 0 Å². The number of unbranched alkanes of at least 4 members (excludes halogenated alkanes) is 11. The van der Waals surface area contributed by atoms with Crippen LogP contribution >= 0.6 is 0 Å². The van der Waals surface area contributed by atoms with Crippen LogP contribution in [0.5, 0.6) is 6.01 Å². The molecule has 0 saturated heterocycles. The van der Waals surface area contributed by atoms with E-state index in [-0.39, 0.29) is 18.8 Å². The van der Waals surface area contributed by atoms with E-state index in [9.17, 15) is 14.4 Å². The van der Waals surface area contributed by atoms with E-state index in [1.54, 1.807) is 11.5 Å². The summed E-state index contributed by atoms with van der Waals surface area (Å²) in [6.45, 7) is 4.34. The summed E-state index contributed by atoms with van der Waals surface area (Å²) in [5.41, 5.74) is 1.17. The zero-order chi connectivity index (χ0) is 29.7. The van der Waals surface area contributed by atoms with Crippen molar-refractivity contribution in [1.82, 2.24) is 14.5 Å². The van der Waals surface area contributed by atoms with Crippen molar-refractivity contribution >= 4 is 17.8 Å². The van der Waals surface area contributed by atoms with Crippen LogP contribution in [0.2, 0.25) is 0 Å². The summed E-state index contributed by atoms with van der Waals surface area (Å²) in [6, 6.07) is 10.0. The summed E-state index contributed by atoms with van der Waals surface area (Å²) in [6.07, 6.45) is 16.6. The summed E-state index contributed by atoms with van der Waals surface area (Å²) in [7, 11) is 1.45. The third-order valence-corrected chi connectivity index (χ3v) is 6.86. The predicted molar refractivity (Wildman–Crippen MR) is 159 cm³/mol. The third-order valence-electron chi connectivity index (χ3n) is 6.86. The highest BCUT2D eigenvalue weighted by molar-refractivity contribution is 5.90. The Hall–Kier alpha value is -3.36. The average Bonchev–Trinajstić information content (AvgIpc) is 3.36. The number of ether oxygens (including phenoxy) is 3. The standard InChI is InChI=1S/C32H49N3O6/c1-4-6-7-8-9-10-11-12-13-14-15-19-22-40-32-33-23-28(35(32)24-27-20-17-16-18-21-27)31(38)41-26-29(36)34(3)25-30(37)39-5-2/h16-18,20-21,23H,4-15,19,22,24-26H2,1-3H3. The molecule has 0 atom stereocenters. The lowest BCUT2D eigenvalue weighted by atomic mass is 10.1. The summed E-state index contributed by atoms with van der Waals surface area (Å²) >= 11 is 0. The quantitative estimate of drug-likeness (QED) is 0.123. The first kappa shape index (κ1) is 33.8. The summed E-state index contributed by atoms with van der Waals surface area (Å²) in [5, 5.41) is 0. The molecule has 2 aromatic rings. The molecule has 228 valence electrons. The number of esters is 2. The van der Waals surface area contributed by atoms with Gasteiger partial charge in [0.05, 0.1) is 26.0 Å². The number of amides is 1. The summed E-state index contributed by atoms with van der Waals surface area (Å²) in [4.78, 5) is 42.4. The van der Waals surface area contributed by atoms with Crippen molar-refractivity contribution in [2.75, 3.05) is 33.4 Å². The van der Waals surface area contributed by atoms with Gasteiger partial charge in [-0.1, -0.05) is 108 Å². The number of rotatable bonds is 22. The maximum absolute atomic E-state index is 12.9. The molecule has 0 aliphatic carbocycles. The fourth-order valence-electron chi connectivity index (χ4n) is 4.46. The molecular weight excluding hydrogens is 522 g/mol. The maximum atomic E-state index is 12.9. The van der Waals surface area contributed by atoms with Crippen LogP contribution in [-0.2, 0) is 25.6 Å². The minimum Gasteiger partial charge on any atom is -0.465 e. The van der Waals surface area contributed by atoms with Gasteiger partial charge in [0, 0.05) is 7.05 Å². The van der Waals surface area contributed by atoms with Crippen LogP contribution in [0.4, 0.5) is 0 Å². The van der Waals surface area contributed by atoms with Gasteiger partial charge in [-0.15, -0.1) is 0 Å². The van der Waals surface area contributed by atoms with Gasteiger partial charge < -0.3 is 19.1 Å². The van der Waals surface area contributed by atoms with Crippen molar-refractivity contribution in [2.24, 2.45) is 0 Å². The zero-order valence-corrected chi connectivity index (χ0v) is 25.3. The third kappa shape index (κ3) is 13.7. The fourth-order valence-corrected chi connectivity index (χ4v) is 4.46. The first-order valence-corrected chi connectivity index (χ1v) is 15.2. The second-order valence-electron chi connectivity index (χ2n) is 10.4. The lowest BCUT2D eigenvalue weighted by Gasteiger charge is -2.16. The van der Waals surface area contributed by atoms with Crippen LogP contribution < -0.4 is 4.74 Å². The largest absolute Gasteiger partial charge is 0.465 e. The Kier molecular flexibility index (Phi) is 16.9. The number of hydrogen-bond acceptors (Lipinski definition) is 7. The van der Waals surface area contributed by atoms with Crippen molar-refractivity contribution in [2.45, 2.75) is 97.4 Å². The average molecular weight is 572 g/mol. The van der Waals surface area contributed by atoms with Crippen molar-refractivity contribution in [3.8, 4) is 6.01 Å². The van der Waals surface area contributed by atoms with Crippen molar-refractivity contribution in [3.05, 3.63) is 47.8 Å². The molecule has 1 heterocycles. The van der Waals surface area contributed by atoms with Gasteiger partial charge in [0.2, 0.25) is 0 Å². The normalized spacial score (nSPS) is 10.8. The van der Waals surface area contributed by atoms with Gasteiger partial charge in [0.25, 0.3) is 11.9 Å². The highest BCUT2D eigenvalue weighted by Gasteiger charge is 2.22. The topological polar surface area (TPSA) is 100.0 Å². The number of hydrogen-bond donors (Lipinski definition) is 0. The summed E-state index contributed by atoms with van der Waals surface area (Å²) in [5.74, 6) is -1.72. The number of nitrogens with zero attached hydrogens (tertiary/aromatic N) is 3. The molecule has 0 bridgehead atoms. The molecule has 9 heteroatoms. The van der Waals surface area contributed by atoms with Crippen LogP contribution in [0.1, 0.15) is 107 Å². The van der Waals surface area contributed by atoms with E-state index in [2.05, 4.69) is 11.9 Å². The monoisotopic (exact) mass is 571 g/mol. The Labute approximate surface area is 245 Å². The van der Waals surface area contributed by atoms with E-state index in [1.165, 1.54) is 77.5 Å². The number of carbonyl (C=O) groups excluding carboxylic acids is 3. The molecule has 2 rings (SSSR count). The molecule has 0 radical (unpaired) electrons. The van der Waals surface area contributed by atoms with E-state index < -0.39 is 24.5 Å². The second-order valence-corrected chi connectivity index (χ2v) is 10.4. The number of aromatic nitrogens is 2. The van der Waals surface area contributed by atoms with Crippen LogP contribution in [0.25, 0.3) is 0 Å². The van der Waals surface area contributed by atoms with Gasteiger partial charge in [0.15, 0.2) is 12.3 Å². The molecule has 0 aliphatic rings. The molecule has 0 unspecified atom stereocenters. The van der Waals surface area contributed by atoms with E-state index in [1.807, 2.05) is 30.3 Å². The molecule has 0 N–H and O–H groups in total. The van der Waals surface area contributed by atoms with Crippen molar-refractivity contribution < 1.29 is 28.6 Å². The molecule has 0 aliphatic heterocycles. The maximum Gasteiger partial charge on any atom is 0.357 e. The molecule has 1 amide bonds. The molecule has 41 heavy (non-hydrogen) atoms. The van der Waals surface area contributed by atoms with Crippen LogP contribution in [-0.4, -0.2) is 65.7 Å². The Morgan fingerprint density at radius 3 is 2.05 bits per heavy atom. The Morgan fingerprint density at radius 2 is 1.44 bits per heavy atom. The first-order chi connectivity index (χ1) is 20.0. The van der Waals surface area contributed by atoms with Gasteiger partial charge in [-0.3, -0.25) is 14.2 Å². The minimum absolute atomic E-state index is 0.194. The van der Waals surface area contributed by atoms with Gasteiger partial charge in [-0.2, -0.15) is 0 Å². The molecule has 0 saturated carbocycles. The number of carbonyl (C=O) groups is 3. The number of likely N-dealkylation sites (N-methyl/N-ethyl adjacent to an activating group) is 1. The van der Waals surface area contributed by atoms with E-state index >= 15 is 0 Å². The fraction of sp³-hybridized carbons (Fsp3) is 0.625. The molecule has 0 fully saturated rings.